The summed E-state index contributed by atoms with van der Waals surface area (Å²) in [4.78, 5) is 12.2. The third-order valence-electron chi connectivity index (χ3n) is 3.75. The predicted molar refractivity (Wildman–Crippen MR) is 108 cm³/mol. The molecule has 0 unspecified atom stereocenters. The van der Waals surface area contributed by atoms with Crippen LogP contribution in [-0.4, -0.2) is 24.0 Å². The fourth-order valence-corrected chi connectivity index (χ4v) is 3.25. The fourth-order valence-electron chi connectivity index (χ4n) is 2.46. The van der Waals surface area contributed by atoms with Crippen LogP contribution in [0.1, 0.15) is 30.9 Å². The molecule has 25 heavy (non-hydrogen) atoms. The lowest BCUT2D eigenvalue weighted by atomic mass is 9.98. The molecule has 134 valence electrons. The molecule has 2 aromatic carbocycles. The molecular weight excluding hydrogens is 354 g/mol. The monoisotopic (exact) mass is 377 g/mol. The van der Waals surface area contributed by atoms with Crippen LogP contribution in [0.4, 0.5) is 5.69 Å². The van der Waals surface area contributed by atoms with Gasteiger partial charge in [0.1, 0.15) is 5.75 Å². The SMILES string of the molecule is Cc1cccc(C(C)C)c1NC(=O)CSCCOc1ccccc1Cl. The molecule has 0 saturated heterocycles. The molecular formula is C20H24ClNO2S. The molecule has 5 heteroatoms. The van der Waals surface area contributed by atoms with E-state index < -0.39 is 0 Å². The van der Waals surface area contributed by atoms with Crippen molar-refractivity contribution < 1.29 is 9.53 Å². The Morgan fingerprint density at radius 2 is 1.96 bits per heavy atom. The molecule has 3 nitrogen and oxygen atoms in total. The zero-order valence-electron chi connectivity index (χ0n) is 14.8. The minimum absolute atomic E-state index is 0.0129. The van der Waals surface area contributed by atoms with Crippen LogP contribution in [-0.2, 0) is 4.79 Å². The van der Waals surface area contributed by atoms with Crippen molar-refractivity contribution in [2.75, 3.05) is 23.4 Å². The van der Waals surface area contributed by atoms with Gasteiger partial charge in [-0.3, -0.25) is 4.79 Å². The summed E-state index contributed by atoms with van der Waals surface area (Å²) >= 11 is 7.58. The van der Waals surface area contributed by atoms with Gasteiger partial charge in [0.2, 0.25) is 5.91 Å². The minimum atomic E-state index is 0.0129. The van der Waals surface area contributed by atoms with Gasteiger partial charge in [-0.2, -0.15) is 0 Å². The molecule has 0 spiro atoms. The van der Waals surface area contributed by atoms with Gasteiger partial charge >= 0.3 is 0 Å². The first kappa shape index (κ1) is 19.7. The molecule has 0 bridgehead atoms. The lowest BCUT2D eigenvalue weighted by Gasteiger charge is -2.16. The summed E-state index contributed by atoms with van der Waals surface area (Å²) in [6.07, 6.45) is 0. The highest BCUT2D eigenvalue weighted by Crippen LogP contribution is 2.27. The standard InChI is InChI=1S/C20H24ClNO2S/c1-14(2)16-8-6-7-15(3)20(16)22-19(23)13-25-12-11-24-18-10-5-4-9-17(18)21/h4-10,14H,11-13H2,1-3H3,(H,22,23). The summed E-state index contributed by atoms with van der Waals surface area (Å²) in [5.74, 6) is 2.18. The van der Waals surface area contributed by atoms with Gasteiger partial charge in [0.25, 0.3) is 0 Å². The lowest BCUT2D eigenvalue weighted by Crippen LogP contribution is -2.17. The maximum atomic E-state index is 12.2. The summed E-state index contributed by atoms with van der Waals surface area (Å²) in [5, 5.41) is 3.66. The first-order valence-corrected chi connectivity index (χ1v) is 9.86. The van der Waals surface area contributed by atoms with Crippen LogP contribution in [0.5, 0.6) is 5.75 Å². The van der Waals surface area contributed by atoms with Gasteiger partial charge in [-0.1, -0.05) is 55.8 Å². The first-order chi connectivity index (χ1) is 12.0. The van der Waals surface area contributed by atoms with Crippen molar-refractivity contribution >= 4 is 35.0 Å². The number of benzene rings is 2. The van der Waals surface area contributed by atoms with Gasteiger partial charge in [0.15, 0.2) is 0 Å². The van der Waals surface area contributed by atoms with Crippen molar-refractivity contribution in [2.24, 2.45) is 0 Å². The van der Waals surface area contributed by atoms with E-state index in [1.165, 1.54) is 5.56 Å². The predicted octanol–water partition coefficient (Wildman–Crippen LogP) is 5.52. The molecule has 0 saturated carbocycles. The number of rotatable bonds is 8. The van der Waals surface area contributed by atoms with Gasteiger partial charge in [0, 0.05) is 11.4 Å². The van der Waals surface area contributed by atoms with E-state index in [1.54, 1.807) is 17.8 Å². The van der Waals surface area contributed by atoms with Gasteiger partial charge in [-0.25, -0.2) is 0 Å². The summed E-state index contributed by atoms with van der Waals surface area (Å²) in [5.41, 5.74) is 3.20. The van der Waals surface area contributed by atoms with E-state index in [-0.39, 0.29) is 5.91 Å². The number of carbonyl (C=O) groups is 1. The van der Waals surface area contributed by atoms with E-state index in [4.69, 9.17) is 16.3 Å². The van der Waals surface area contributed by atoms with Crippen LogP contribution in [0, 0.1) is 6.92 Å². The molecule has 0 aliphatic heterocycles. The second-order valence-corrected chi connectivity index (χ2v) is 7.59. The largest absolute Gasteiger partial charge is 0.491 e. The highest BCUT2D eigenvalue weighted by molar-refractivity contribution is 7.99. The number of aryl methyl sites for hydroxylation is 1. The van der Waals surface area contributed by atoms with Crippen LogP contribution in [0.25, 0.3) is 0 Å². The highest BCUT2D eigenvalue weighted by Gasteiger charge is 2.12. The second kappa shape index (κ2) is 9.73. The van der Waals surface area contributed by atoms with Crippen LogP contribution < -0.4 is 10.1 Å². The number of para-hydroxylation sites is 2. The molecule has 0 aromatic heterocycles. The summed E-state index contributed by atoms with van der Waals surface area (Å²) in [7, 11) is 0. The Kier molecular flexibility index (Phi) is 7.66. The number of hydrogen-bond acceptors (Lipinski definition) is 3. The van der Waals surface area contributed by atoms with Gasteiger partial charge in [0.05, 0.1) is 17.4 Å². The number of hydrogen-bond donors (Lipinski definition) is 1. The van der Waals surface area contributed by atoms with Crippen LogP contribution in [0.3, 0.4) is 0 Å². The van der Waals surface area contributed by atoms with Crippen molar-refractivity contribution in [2.45, 2.75) is 26.7 Å². The quantitative estimate of drug-likeness (QED) is 0.615. The zero-order chi connectivity index (χ0) is 18.2. The summed E-state index contributed by atoms with van der Waals surface area (Å²) in [6, 6.07) is 13.5. The average Bonchev–Trinajstić information content (AvgIpc) is 2.57. The Hall–Kier alpha value is -1.65. The first-order valence-electron chi connectivity index (χ1n) is 8.33. The summed E-state index contributed by atoms with van der Waals surface area (Å²) in [6.45, 7) is 6.80. The van der Waals surface area contributed by atoms with Gasteiger partial charge in [-0.05, 0) is 36.1 Å². The average molecular weight is 378 g/mol. The zero-order valence-corrected chi connectivity index (χ0v) is 16.4. The summed E-state index contributed by atoms with van der Waals surface area (Å²) < 4.78 is 5.62. The van der Waals surface area contributed by atoms with Crippen LogP contribution in [0.2, 0.25) is 5.02 Å². The van der Waals surface area contributed by atoms with Crippen molar-refractivity contribution in [3.63, 3.8) is 0 Å². The Balaban J connectivity index is 1.77. The van der Waals surface area contributed by atoms with E-state index >= 15 is 0 Å². The van der Waals surface area contributed by atoms with Gasteiger partial charge < -0.3 is 10.1 Å². The Morgan fingerprint density at radius 3 is 2.68 bits per heavy atom. The molecule has 0 fully saturated rings. The number of anilines is 1. The second-order valence-electron chi connectivity index (χ2n) is 6.07. The van der Waals surface area contributed by atoms with E-state index in [0.717, 1.165) is 17.0 Å². The number of halogens is 1. The Bertz CT molecular complexity index is 719. The van der Waals surface area contributed by atoms with E-state index in [0.29, 0.717) is 29.0 Å². The number of ether oxygens (including phenoxy) is 1. The molecule has 1 N–H and O–H groups in total. The molecule has 0 heterocycles. The Morgan fingerprint density at radius 1 is 1.20 bits per heavy atom. The topological polar surface area (TPSA) is 38.3 Å². The van der Waals surface area contributed by atoms with Crippen molar-refractivity contribution in [1.29, 1.82) is 0 Å². The number of thioether (sulfide) groups is 1. The number of carbonyl (C=O) groups excluding carboxylic acids is 1. The molecule has 2 aromatic rings. The molecule has 1 amide bonds. The van der Waals surface area contributed by atoms with E-state index in [1.807, 2.05) is 37.3 Å². The van der Waals surface area contributed by atoms with Crippen molar-refractivity contribution in [3.05, 3.63) is 58.6 Å². The molecule has 0 aliphatic rings. The highest BCUT2D eigenvalue weighted by atomic mass is 35.5. The smallest absolute Gasteiger partial charge is 0.234 e. The van der Waals surface area contributed by atoms with Crippen molar-refractivity contribution in [1.82, 2.24) is 0 Å². The number of nitrogens with one attached hydrogen (secondary N) is 1. The Labute approximate surface area is 159 Å². The van der Waals surface area contributed by atoms with E-state index in [2.05, 4.69) is 25.2 Å². The minimum Gasteiger partial charge on any atom is -0.491 e. The fraction of sp³-hybridized carbons (Fsp3) is 0.350. The van der Waals surface area contributed by atoms with E-state index in [9.17, 15) is 4.79 Å². The third-order valence-corrected chi connectivity index (χ3v) is 4.98. The maximum Gasteiger partial charge on any atom is 0.234 e. The maximum absolute atomic E-state index is 12.2. The number of amides is 1. The lowest BCUT2D eigenvalue weighted by molar-refractivity contribution is -0.113. The third kappa shape index (κ3) is 5.98. The molecule has 0 aliphatic carbocycles. The molecule has 0 atom stereocenters. The van der Waals surface area contributed by atoms with Crippen LogP contribution >= 0.6 is 23.4 Å². The molecule has 2 rings (SSSR count). The van der Waals surface area contributed by atoms with Gasteiger partial charge in [-0.15, -0.1) is 11.8 Å². The van der Waals surface area contributed by atoms with Crippen molar-refractivity contribution in [3.8, 4) is 5.75 Å². The van der Waals surface area contributed by atoms with Crippen LogP contribution in [0.15, 0.2) is 42.5 Å². The molecule has 0 radical (unpaired) electrons. The normalized spacial score (nSPS) is 10.8.